The molecule has 4 heteroatoms. The average molecular weight is 983 g/mol. The molecule has 2 nitrogen and oxygen atoms in total. The van der Waals surface area contributed by atoms with E-state index in [1.54, 1.807) is 0 Å². The van der Waals surface area contributed by atoms with Gasteiger partial charge in [-0.25, -0.2) is 0 Å². The molecular formula is C70H48O2P2. The molecule has 0 aromatic heterocycles. The molecule has 0 amide bonds. The molecule has 15 rings (SSSR count). The second kappa shape index (κ2) is 15.7. The quantitative estimate of drug-likeness (QED) is 0.156. The van der Waals surface area contributed by atoms with Crippen molar-refractivity contribution in [3.63, 3.8) is 0 Å². The zero-order valence-corrected chi connectivity index (χ0v) is 42.7. The Morgan fingerprint density at radius 2 is 0.473 bits per heavy atom. The zero-order chi connectivity index (χ0) is 49.6. The number of hydrogen-bond acceptors (Lipinski definition) is 2. The molecule has 0 radical (unpaired) electrons. The minimum absolute atomic E-state index is 0.584. The van der Waals surface area contributed by atoms with Crippen LogP contribution in [0.25, 0.3) is 44.5 Å². The molecule has 74 heavy (non-hydrogen) atoms. The summed E-state index contributed by atoms with van der Waals surface area (Å²) in [6.07, 6.45) is 0. The lowest BCUT2D eigenvalue weighted by Gasteiger charge is -2.32. The van der Waals surface area contributed by atoms with Crippen molar-refractivity contribution in [2.45, 2.75) is 24.7 Å². The van der Waals surface area contributed by atoms with Crippen LogP contribution in [-0.2, 0) is 20.0 Å². The maximum Gasteiger partial charge on any atom is 0.171 e. The molecule has 0 N–H and O–H groups in total. The smallest absolute Gasteiger partial charge is 0.171 e. The number of benzene rings is 11. The van der Waals surface area contributed by atoms with Gasteiger partial charge in [0.1, 0.15) is 0 Å². The van der Waals surface area contributed by atoms with Crippen LogP contribution in [0.5, 0.6) is 0 Å². The van der Waals surface area contributed by atoms with Gasteiger partial charge in [-0.05, 0) is 115 Å². The molecule has 0 fully saturated rings. The molecule has 2 spiro atoms. The Hall–Kier alpha value is -8.12. The van der Waals surface area contributed by atoms with E-state index in [0.29, 0.717) is 10.6 Å². The Balaban J connectivity index is 0.922. The fourth-order valence-electron chi connectivity index (χ4n) is 13.9. The van der Waals surface area contributed by atoms with Crippen molar-refractivity contribution in [1.82, 2.24) is 0 Å². The van der Waals surface area contributed by atoms with Crippen molar-refractivity contribution in [1.29, 1.82) is 0 Å². The first-order valence-corrected chi connectivity index (χ1v) is 29.0. The highest BCUT2D eigenvalue weighted by Gasteiger charge is 2.54. The summed E-state index contributed by atoms with van der Waals surface area (Å²) >= 11 is 0. The van der Waals surface area contributed by atoms with E-state index >= 15 is 9.13 Å². The van der Waals surface area contributed by atoms with Gasteiger partial charge in [0.15, 0.2) is 14.3 Å². The molecule has 0 bridgehead atoms. The van der Waals surface area contributed by atoms with Crippen LogP contribution >= 0.6 is 14.3 Å². The predicted molar refractivity (Wildman–Crippen MR) is 307 cm³/mol. The molecule has 0 aliphatic heterocycles. The molecule has 0 saturated heterocycles. The third kappa shape index (κ3) is 5.52. The van der Waals surface area contributed by atoms with Crippen LogP contribution < -0.4 is 31.8 Å². The standard InChI is InChI=1S/C70H48O2P2/c1-45-29-37-57-58-38-30-46(2)42-66(58)70(65(57)41-45)64-28-16-12-24-56(64)60-40-36-52(44-68(60)70)74(72,48-19-7-4-8-20-48)50-33-31-49(32-34-50)73(71,47-17-5-3-6-18-47)51-35-39-59-55-23-11-15-27-63(55)69(67(59)43-51)61-25-13-9-21-53(61)54-22-10-14-26-62(54)69/h3-44H,1-2H3. The normalized spacial score (nSPS) is 15.7. The summed E-state index contributed by atoms with van der Waals surface area (Å²) in [5.41, 5.74) is 20.7. The maximum absolute atomic E-state index is 16.9. The number of rotatable bonds is 6. The Kier molecular flexibility index (Phi) is 9.22. The predicted octanol–water partition coefficient (Wildman–Crippen LogP) is 14.3. The summed E-state index contributed by atoms with van der Waals surface area (Å²) in [6, 6.07) is 90.0. The molecular weight excluding hydrogens is 935 g/mol. The third-order valence-electron chi connectivity index (χ3n) is 17.0. The van der Waals surface area contributed by atoms with E-state index < -0.39 is 25.1 Å². The van der Waals surface area contributed by atoms with Gasteiger partial charge < -0.3 is 9.13 Å². The van der Waals surface area contributed by atoms with Gasteiger partial charge in [0, 0.05) is 31.8 Å². The van der Waals surface area contributed by atoms with Crippen LogP contribution in [-0.4, -0.2) is 0 Å². The van der Waals surface area contributed by atoms with Gasteiger partial charge in [0.2, 0.25) is 0 Å². The van der Waals surface area contributed by atoms with Crippen LogP contribution in [0.4, 0.5) is 0 Å². The van der Waals surface area contributed by atoms with Gasteiger partial charge in [-0.3, -0.25) is 0 Å². The molecule has 0 heterocycles. The van der Waals surface area contributed by atoms with Gasteiger partial charge in [-0.15, -0.1) is 0 Å². The monoisotopic (exact) mass is 982 g/mol. The molecule has 4 aliphatic carbocycles. The first kappa shape index (κ1) is 43.5. The number of hydrogen-bond donors (Lipinski definition) is 0. The summed E-state index contributed by atoms with van der Waals surface area (Å²) in [4.78, 5) is 0. The maximum atomic E-state index is 16.9. The van der Waals surface area contributed by atoms with E-state index in [1.165, 1.54) is 77.9 Å². The van der Waals surface area contributed by atoms with E-state index in [0.717, 1.165) is 43.5 Å². The molecule has 4 aliphatic rings. The van der Waals surface area contributed by atoms with Crippen LogP contribution in [0.3, 0.4) is 0 Å². The van der Waals surface area contributed by atoms with E-state index in [4.69, 9.17) is 0 Å². The topological polar surface area (TPSA) is 34.1 Å². The molecule has 2 unspecified atom stereocenters. The van der Waals surface area contributed by atoms with Crippen LogP contribution in [0.1, 0.15) is 55.6 Å². The highest BCUT2D eigenvalue weighted by molar-refractivity contribution is 7.86. The van der Waals surface area contributed by atoms with Crippen molar-refractivity contribution in [2.24, 2.45) is 0 Å². The van der Waals surface area contributed by atoms with Crippen LogP contribution in [0.15, 0.2) is 255 Å². The molecule has 350 valence electrons. The van der Waals surface area contributed by atoms with Gasteiger partial charge in [-0.2, -0.15) is 0 Å². The summed E-state index contributed by atoms with van der Waals surface area (Å²) in [7, 11) is -7.15. The van der Waals surface area contributed by atoms with Gasteiger partial charge in [0.25, 0.3) is 0 Å². The highest BCUT2D eigenvalue weighted by Crippen LogP contribution is 2.65. The van der Waals surface area contributed by atoms with E-state index in [9.17, 15) is 0 Å². The minimum Gasteiger partial charge on any atom is -0.309 e. The SMILES string of the molecule is Cc1ccc2c(c1)C1(c3ccccc3-c3ccc(P(=O)(c4ccccc4)c4ccc(P(=O)(c5ccccc5)c5ccc6c(c5)C5(c7ccccc7-c7ccccc75)c5ccccc5-6)cc4)cc31)c1cc(C)ccc1-2. The lowest BCUT2D eigenvalue weighted by atomic mass is 9.70. The highest BCUT2D eigenvalue weighted by atomic mass is 31.2. The summed E-state index contributed by atoms with van der Waals surface area (Å²) in [6.45, 7) is 4.36. The largest absolute Gasteiger partial charge is 0.309 e. The fourth-order valence-corrected chi connectivity index (χ4v) is 19.2. The lowest BCUT2D eigenvalue weighted by molar-refractivity contribution is 0.591. The summed E-state index contributed by atoms with van der Waals surface area (Å²) in [5, 5.41) is 4.42. The minimum atomic E-state index is -3.58. The van der Waals surface area contributed by atoms with E-state index in [1.807, 2.05) is 84.9 Å². The third-order valence-corrected chi connectivity index (χ3v) is 23.1. The first-order chi connectivity index (χ1) is 36.3. The van der Waals surface area contributed by atoms with Crippen LogP contribution in [0, 0.1) is 13.8 Å². The summed E-state index contributed by atoms with van der Waals surface area (Å²) in [5.74, 6) is 0. The zero-order valence-electron chi connectivity index (χ0n) is 41.0. The lowest BCUT2D eigenvalue weighted by Crippen LogP contribution is -2.31. The fraction of sp³-hybridized carbons (Fsp3) is 0.0571. The molecule has 0 saturated carbocycles. The second-order valence-electron chi connectivity index (χ2n) is 20.6. The van der Waals surface area contributed by atoms with E-state index in [2.05, 4.69) is 184 Å². The van der Waals surface area contributed by atoms with Crippen molar-refractivity contribution in [2.75, 3.05) is 0 Å². The summed E-state index contributed by atoms with van der Waals surface area (Å²) < 4.78 is 33.8. The number of aryl methyl sites for hydroxylation is 2. The Morgan fingerprint density at radius 3 is 0.824 bits per heavy atom. The Morgan fingerprint density at radius 1 is 0.230 bits per heavy atom. The van der Waals surface area contributed by atoms with Crippen LogP contribution in [0.2, 0.25) is 0 Å². The van der Waals surface area contributed by atoms with Gasteiger partial charge in [-0.1, -0.05) is 254 Å². The average Bonchev–Trinajstić information content (AvgIpc) is 4.14. The number of fused-ring (bicyclic) bond motifs is 20. The van der Waals surface area contributed by atoms with Crippen molar-refractivity contribution in [3.8, 4) is 44.5 Å². The molecule has 11 aromatic rings. The Labute approximate surface area is 432 Å². The van der Waals surface area contributed by atoms with Gasteiger partial charge in [0.05, 0.1) is 10.8 Å². The molecule has 2 atom stereocenters. The van der Waals surface area contributed by atoms with Crippen molar-refractivity contribution >= 4 is 46.1 Å². The van der Waals surface area contributed by atoms with E-state index in [-0.39, 0.29) is 0 Å². The van der Waals surface area contributed by atoms with Gasteiger partial charge >= 0.3 is 0 Å². The Bertz CT molecular complexity index is 4170. The first-order valence-electron chi connectivity index (χ1n) is 25.6. The second-order valence-corrected chi connectivity index (χ2v) is 26.2. The molecule has 11 aromatic carbocycles. The van der Waals surface area contributed by atoms with Crippen molar-refractivity contribution < 1.29 is 9.13 Å². The van der Waals surface area contributed by atoms with Crippen molar-refractivity contribution in [3.05, 3.63) is 310 Å².